The fourth-order valence-electron chi connectivity index (χ4n) is 3.92. The van der Waals surface area contributed by atoms with E-state index < -0.39 is 16.1 Å². The van der Waals surface area contributed by atoms with E-state index in [0.29, 0.717) is 23.7 Å². The van der Waals surface area contributed by atoms with Crippen LogP contribution in [0.25, 0.3) is 0 Å². The molecule has 1 amide bonds. The first-order valence-electron chi connectivity index (χ1n) is 10.6. The number of rotatable bonds is 9. The van der Waals surface area contributed by atoms with E-state index in [4.69, 9.17) is 11.6 Å². The van der Waals surface area contributed by atoms with Crippen LogP contribution in [0.4, 0.5) is 5.69 Å². The van der Waals surface area contributed by atoms with Gasteiger partial charge in [0, 0.05) is 18.1 Å². The monoisotopic (exact) mass is 463 g/mol. The minimum Gasteiger partial charge on any atom is -0.350 e. The van der Waals surface area contributed by atoms with Gasteiger partial charge in [0.05, 0.1) is 11.9 Å². The van der Waals surface area contributed by atoms with E-state index in [-0.39, 0.29) is 5.91 Å². The van der Waals surface area contributed by atoms with Crippen LogP contribution in [0.1, 0.15) is 37.3 Å². The number of halogens is 1. The van der Waals surface area contributed by atoms with Crippen LogP contribution in [0.3, 0.4) is 0 Å². The van der Waals surface area contributed by atoms with Crippen molar-refractivity contribution in [1.82, 2.24) is 10.2 Å². The summed E-state index contributed by atoms with van der Waals surface area (Å²) >= 11 is 5.93. The highest BCUT2D eigenvalue weighted by atomic mass is 35.5. The average Bonchev–Trinajstić information content (AvgIpc) is 3.24. The minimum absolute atomic E-state index is 0.330. The Balaban J connectivity index is 1.66. The topological polar surface area (TPSA) is 69.7 Å². The van der Waals surface area contributed by atoms with Crippen molar-refractivity contribution < 1.29 is 13.2 Å². The van der Waals surface area contributed by atoms with E-state index in [1.807, 2.05) is 12.1 Å². The van der Waals surface area contributed by atoms with Gasteiger partial charge in [-0.2, -0.15) is 0 Å². The number of nitrogens with zero attached hydrogens (tertiary/aromatic N) is 2. The molecule has 0 radical (unpaired) electrons. The minimum atomic E-state index is -3.66. The molecule has 8 heteroatoms. The van der Waals surface area contributed by atoms with Crippen molar-refractivity contribution in [2.24, 2.45) is 0 Å². The van der Waals surface area contributed by atoms with Crippen LogP contribution < -0.4 is 9.62 Å². The standard InChI is InChI=1S/C23H30ClN3O3S/c1-3-22(27(31(2,29)30)21-12-10-20(24)11-13-21)23(28)25-16-18-6-8-19(9-7-18)17-26-14-4-5-15-26/h6-13,22H,3-5,14-17H2,1-2H3,(H,25,28)/t22-/m0/s1. The van der Waals surface area contributed by atoms with Gasteiger partial charge < -0.3 is 5.32 Å². The Morgan fingerprint density at radius 2 is 1.65 bits per heavy atom. The molecule has 0 saturated carbocycles. The van der Waals surface area contributed by atoms with Gasteiger partial charge in [0.25, 0.3) is 0 Å². The summed E-state index contributed by atoms with van der Waals surface area (Å²) in [6, 6.07) is 13.8. The molecular formula is C23H30ClN3O3S. The molecule has 0 bridgehead atoms. The predicted molar refractivity (Wildman–Crippen MR) is 126 cm³/mol. The third kappa shape index (κ3) is 6.45. The molecule has 0 unspecified atom stereocenters. The summed E-state index contributed by atoms with van der Waals surface area (Å²) in [6.07, 6.45) is 3.99. The molecule has 31 heavy (non-hydrogen) atoms. The molecule has 1 heterocycles. The second kappa shape index (κ2) is 10.5. The third-order valence-electron chi connectivity index (χ3n) is 5.51. The van der Waals surface area contributed by atoms with Crippen molar-refractivity contribution >= 4 is 33.2 Å². The number of amides is 1. The molecule has 6 nitrogen and oxygen atoms in total. The van der Waals surface area contributed by atoms with Gasteiger partial charge in [-0.25, -0.2) is 8.42 Å². The van der Waals surface area contributed by atoms with Crippen LogP contribution in [0.15, 0.2) is 48.5 Å². The second-order valence-corrected chi connectivity index (χ2v) is 10.3. The first kappa shape index (κ1) is 23.6. The van der Waals surface area contributed by atoms with Crippen molar-refractivity contribution in [2.75, 3.05) is 23.7 Å². The fraction of sp³-hybridized carbons (Fsp3) is 0.435. The van der Waals surface area contributed by atoms with E-state index in [1.54, 1.807) is 31.2 Å². The molecule has 1 aliphatic heterocycles. The quantitative estimate of drug-likeness (QED) is 0.614. The Hall–Kier alpha value is -2.09. The maximum atomic E-state index is 12.9. The number of hydrogen-bond donors (Lipinski definition) is 1. The molecule has 1 fully saturated rings. The number of likely N-dealkylation sites (tertiary alicyclic amines) is 1. The van der Waals surface area contributed by atoms with Crippen LogP contribution >= 0.6 is 11.6 Å². The summed E-state index contributed by atoms with van der Waals surface area (Å²) in [6.45, 7) is 5.40. The molecule has 1 saturated heterocycles. The highest BCUT2D eigenvalue weighted by molar-refractivity contribution is 7.92. The fourth-order valence-corrected chi connectivity index (χ4v) is 5.25. The number of hydrogen-bond acceptors (Lipinski definition) is 4. The Bertz CT molecular complexity index is 972. The van der Waals surface area contributed by atoms with E-state index in [1.165, 1.54) is 18.4 Å². The van der Waals surface area contributed by atoms with E-state index >= 15 is 0 Å². The Kier molecular flexibility index (Phi) is 7.97. The predicted octanol–water partition coefficient (Wildman–Crippen LogP) is 3.80. The van der Waals surface area contributed by atoms with Crippen LogP contribution in [0.2, 0.25) is 5.02 Å². The molecular weight excluding hydrogens is 434 g/mol. The van der Waals surface area contributed by atoms with E-state index in [2.05, 4.69) is 22.3 Å². The smallest absolute Gasteiger partial charge is 0.244 e. The molecule has 1 N–H and O–H groups in total. The second-order valence-electron chi connectivity index (χ2n) is 7.98. The number of carbonyl (C=O) groups excluding carboxylic acids is 1. The normalized spacial score (nSPS) is 15.6. The lowest BCUT2D eigenvalue weighted by molar-refractivity contribution is -0.122. The van der Waals surface area contributed by atoms with Gasteiger partial charge in [0.2, 0.25) is 15.9 Å². The summed E-state index contributed by atoms with van der Waals surface area (Å²) in [4.78, 5) is 15.4. The Morgan fingerprint density at radius 1 is 1.06 bits per heavy atom. The Morgan fingerprint density at radius 3 is 2.19 bits per heavy atom. The molecule has 168 valence electrons. The number of carbonyl (C=O) groups is 1. The van der Waals surface area contributed by atoms with Gasteiger partial charge in [0.15, 0.2) is 0 Å². The van der Waals surface area contributed by atoms with Crippen LogP contribution in [-0.4, -0.2) is 44.6 Å². The number of sulfonamides is 1. The van der Waals surface area contributed by atoms with Crippen LogP contribution in [0, 0.1) is 0 Å². The summed E-state index contributed by atoms with van der Waals surface area (Å²) < 4.78 is 26.1. The van der Waals surface area contributed by atoms with Crippen LogP contribution in [-0.2, 0) is 27.9 Å². The molecule has 0 spiro atoms. The largest absolute Gasteiger partial charge is 0.350 e. The number of nitrogens with one attached hydrogen (secondary N) is 1. The molecule has 1 aliphatic rings. The van der Waals surface area contributed by atoms with Gasteiger partial charge in [-0.15, -0.1) is 0 Å². The molecule has 0 aliphatic carbocycles. The van der Waals surface area contributed by atoms with Crippen molar-refractivity contribution in [1.29, 1.82) is 0 Å². The van der Waals surface area contributed by atoms with Gasteiger partial charge in [-0.1, -0.05) is 42.8 Å². The van der Waals surface area contributed by atoms with Crippen LogP contribution in [0.5, 0.6) is 0 Å². The third-order valence-corrected chi connectivity index (χ3v) is 6.94. The summed E-state index contributed by atoms with van der Waals surface area (Å²) in [5.41, 5.74) is 2.65. The number of anilines is 1. The van der Waals surface area contributed by atoms with Crippen molar-refractivity contribution in [3.63, 3.8) is 0 Å². The van der Waals surface area contributed by atoms with Gasteiger partial charge >= 0.3 is 0 Å². The maximum absolute atomic E-state index is 12.9. The zero-order valence-corrected chi connectivity index (χ0v) is 19.6. The van der Waals surface area contributed by atoms with Gasteiger partial charge in [0.1, 0.15) is 6.04 Å². The summed E-state index contributed by atoms with van der Waals surface area (Å²) in [7, 11) is -3.66. The Labute approximate surface area is 190 Å². The molecule has 2 aromatic carbocycles. The molecule has 2 aromatic rings. The highest BCUT2D eigenvalue weighted by Gasteiger charge is 2.31. The van der Waals surface area contributed by atoms with E-state index in [0.717, 1.165) is 35.8 Å². The van der Waals surface area contributed by atoms with Crippen molar-refractivity contribution in [3.05, 3.63) is 64.7 Å². The SMILES string of the molecule is CC[C@@H](C(=O)NCc1ccc(CN2CCCC2)cc1)N(c1ccc(Cl)cc1)S(C)(=O)=O. The van der Waals surface area contributed by atoms with E-state index in [9.17, 15) is 13.2 Å². The molecule has 1 atom stereocenters. The van der Waals surface area contributed by atoms with Crippen molar-refractivity contribution in [2.45, 2.75) is 45.3 Å². The molecule has 3 rings (SSSR count). The van der Waals surface area contributed by atoms with Gasteiger partial charge in [-0.3, -0.25) is 14.0 Å². The number of benzene rings is 2. The lowest BCUT2D eigenvalue weighted by Crippen LogP contribution is -2.49. The molecule has 0 aromatic heterocycles. The zero-order chi connectivity index (χ0) is 22.4. The summed E-state index contributed by atoms with van der Waals surface area (Å²) in [5.74, 6) is -0.330. The maximum Gasteiger partial charge on any atom is 0.244 e. The lowest BCUT2D eigenvalue weighted by Gasteiger charge is -2.30. The average molecular weight is 464 g/mol. The lowest BCUT2D eigenvalue weighted by atomic mass is 10.1. The zero-order valence-electron chi connectivity index (χ0n) is 18.1. The highest BCUT2D eigenvalue weighted by Crippen LogP contribution is 2.24. The summed E-state index contributed by atoms with van der Waals surface area (Å²) in [5, 5.41) is 3.40. The van der Waals surface area contributed by atoms with Crippen molar-refractivity contribution in [3.8, 4) is 0 Å². The van der Waals surface area contributed by atoms with Gasteiger partial charge in [-0.05, 0) is 67.7 Å². The first-order valence-corrected chi connectivity index (χ1v) is 12.8. The first-order chi connectivity index (χ1) is 14.8.